The Bertz CT molecular complexity index is 648. The molecule has 3 heterocycles. The molecule has 1 atom stereocenters. The van der Waals surface area contributed by atoms with Gasteiger partial charge in [0.1, 0.15) is 11.5 Å². The highest BCUT2D eigenvalue weighted by Crippen LogP contribution is 2.28. The second-order valence-electron chi connectivity index (χ2n) is 7.22. The van der Waals surface area contributed by atoms with Crippen LogP contribution in [0.5, 0.6) is 0 Å². The minimum Gasteiger partial charge on any atom is -0.578 e. The molecule has 0 N–H and O–H groups in total. The summed E-state index contributed by atoms with van der Waals surface area (Å²) >= 11 is -1.06. The van der Waals surface area contributed by atoms with Crippen LogP contribution in [0.15, 0.2) is 24.3 Å². The van der Waals surface area contributed by atoms with Gasteiger partial charge in [0.25, 0.3) is 0 Å². The van der Waals surface area contributed by atoms with Crippen molar-refractivity contribution in [3.8, 4) is 0 Å². The molecule has 3 aliphatic heterocycles. The first kappa shape index (κ1) is 19.2. The number of anilines is 1. The smallest absolute Gasteiger partial charge is 0.228 e. The molecule has 0 spiro atoms. The number of carbonyl (C=O) groups is 1. The van der Waals surface area contributed by atoms with Crippen LogP contribution >= 0.6 is 0 Å². The molecule has 0 bridgehead atoms. The Hall–Kier alpha value is -1.16. The van der Waals surface area contributed by atoms with E-state index in [1.165, 1.54) is 5.56 Å². The number of carbonyl (C=O) groups excluding carboxylic acids is 1. The van der Waals surface area contributed by atoms with Gasteiger partial charge in [-0.3, -0.25) is 9.69 Å². The zero-order chi connectivity index (χ0) is 18.6. The predicted molar refractivity (Wildman–Crippen MR) is 106 cm³/mol. The maximum Gasteiger partial charge on any atom is 0.228 e. The largest absolute Gasteiger partial charge is 0.578 e. The standard InChI is InChI=1S/C19H28N4O3S/c24-19(23-8-5-17-3-1-2-4-18(17)23)6-7-20-9-11-21(12-10-20)27(25)22-13-15-26-16-14-22/h1-4H,5-16H2. The van der Waals surface area contributed by atoms with Crippen LogP contribution in [0.3, 0.4) is 0 Å². The summed E-state index contributed by atoms with van der Waals surface area (Å²) in [4.78, 5) is 16.9. The minimum atomic E-state index is -1.06. The second kappa shape index (κ2) is 8.89. The summed E-state index contributed by atoms with van der Waals surface area (Å²) in [6.45, 7) is 7.65. The second-order valence-corrected chi connectivity index (χ2v) is 8.71. The number of morpholine rings is 1. The molecule has 148 valence electrons. The molecule has 2 fully saturated rings. The summed E-state index contributed by atoms with van der Waals surface area (Å²) in [5.74, 6) is 0.208. The van der Waals surface area contributed by atoms with Gasteiger partial charge in [-0.05, 0) is 18.1 Å². The van der Waals surface area contributed by atoms with Crippen molar-refractivity contribution < 1.29 is 14.1 Å². The molecule has 1 amide bonds. The molecule has 7 nitrogen and oxygen atoms in total. The molecule has 0 saturated carbocycles. The summed E-state index contributed by atoms with van der Waals surface area (Å²) in [7, 11) is 0. The minimum absolute atomic E-state index is 0.208. The normalized spacial score (nSPS) is 23.4. The van der Waals surface area contributed by atoms with E-state index in [4.69, 9.17) is 4.74 Å². The number of nitrogens with zero attached hydrogens (tertiary/aromatic N) is 4. The number of hydrogen-bond acceptors (Lipinski definition) is 6. The average molecular weight is 393 g/mol. The molecule has 4 rings (SSSR count). The van der Waals surface area contributed by atoms with Gasteiger partial charge in [0, 0.05) is 38.3 Å². The van der Waals surface area contributed by atoms with Crippen LogP contribution in [0.1, 0.15) is 12.0 Å². The fraction of sp³-hybridized carbons (Fsp3) is 0.632. The molecule has 0 aliphatic carbocycles. The monoisotopic (exact) mass is 392 g/mol. The highest BCUT2D eigenvalue weighted by Gasteiger charge is 2.33. The van der Waals surface area contributed by atoms with E-state index in [-0.39, 0.29) is 5.91 Å². The Balaban J connectivity index is 1.21. The van der Waals surface area contributed by atoms with Gasteiger partial charge in [-0.2, -0.15) is 0 Å². The number of piperazine rings is 1. The van der Waals surface area contributed by atoms with Crippen LogP contribution in [0.2, 0.25) is 0 Å². The maximum atomic E-state index is 12.7. The summed E-state index contributed by atoms with van der Waals surface area (Å²) in [5.41, 5.74) is 2.35. The van der Waals surface area contributed by atoms with E-state index in [1.54, 1.807) is 0 Å². The van der Waals surface area contributed by atoms with Crippen molar-refractivity contribution in [2.45, 2.75) is 12.8 Å². The van der Waals surface area contributed by atoms with Gasteiger partial charge < -0.3 is 14.2 Å². The number of hydrogen-bond donors (Lipinski definition) is 0. The van der Waals surface area contributed by atoms with Gasteiger partial charge in [-0.15, -0.1) is 8.61 Å². The van der Waals surface area contributed by atoms with E-state index in [9.17, 15) is 9.35 Å². The van der Waals surface area contributed by atoms with Crippen LogP contribution in [-0.4, -0.2) is 89.5 Å². The van der Waals surface area contributed by atoms with Gasteiger partial charge in [0.05, 0.1) is 39.4 Å². The Kier molecular flexibility index (Phi) is 6.31. The SMILES string of the molecule is O=C(CCN1CCN([S+]([O-])N2CCOCC2)CC1)N1CCc2ccccc21. The van der Waals surface area contributed by atoms with Crippen LogP contribution in [0.25, 0.3) is 0 Å². The fourth-order valence-corrected chi connectivity index (χ4v) is 5.23. The summed E-state index contributed by atoms with van der Waals surface area (Å²) in [5, 5.41) is 0. The van der Waals surface area contributed by atoms with Crippen LogP contribution in [0, 0.1) is 0 Å². The fourth-order valence-electron chi connectivity index (χ4n) is 3.96. The lowest BCUT2D eigenvalue weighted by atomic mass is 10.2. The Morgan fingerprint density at radius 3 is 2.48 bits per heavy atom. The van der Waals surface area contributed by atoms with Gasteiger partial charge in [-0.1, -0.05) is 18.2 Å². The molecular weight excluding hydrogens is 364 g/mol. The first-order valence-electron chi connectivity index (χ1n) is 9.82. The first-order chi connectivity index (χ1) is 13.2. The van der Waals surface area contributed by atoms with Gasteiger partial charge >= 0.3 is 0 Å². The van der Waals surface area contributed by atoms with E-state index < -0.39 is 11.5 Å². The van der Waals surface area contributed by atoms with Crippen molar-refractivity contribution in [2.75, 3.05) is 70.5 Å². The topological polar surface area (TPSA) is 62.3 Å². The maximum absolute atomic E-state index is 12.7. The Morgan fingerprint density at radius 2 is 1.70 bits per heavy atom. The molecule has 0 radical (unpaired) electrons. The van der Waals surface area contributed by atoms with E-state index in [0.717, 1.165) is 64.5 Å². The highest BCUT2D eigenvalue weighted by molar-refractivity contribution is 7.86. The van der Waals surface area contributed by atoms with Gasteiger partial charge in [-0.25, -0.2) is 0 Å². The third-order valence-corrected chi connectivity index (χ3v) is 7.19. The lowest BCUT2D eigenvalue weighted by molar-refractivity contribution is -0.118. The first-order valence-corrected chi connectivity index (χ1v) is 10.9. The Labute approximate surface area is 164 Å². The Morgan fingerprint density at radius 1 is 1.00 bits per heavy atom. The molecule has 8 heteroatoms. The number of para-hydroxylation sites is 1. The van der Waals surface area contributed by atoms with Gasteiger partial charge in [0.15, 0.2) is 0 Å². The zero-order valence-corrected chi connectivity index (χ0v) is 16.5. The van der Waals surface area contributed by atoms with Crippen LogP contribution in [-0.2, 0) is 27.5 Å². The zero-order valence-electron chi connectivity index (χ0n) is 15.7. The van der Waals surface area contributed by atoms with Gasteiger partial charge in [0.2, 0.25) is 5.91 Å². The number of rotatable bonds is 5. The number of benzene rings is 1. The molecule has 1 unspecified atom stereocenters. The van der Waals surface area contributed by atoms with E-state index >= 15 is 0 Å². The van der Waals surface area contributed by atoms with E-state index in [1.807, 2.05) is 31.7 Å². The lowest BCUT2D eigenvalue weighted by Crippen LogP contribution is -2.55. The highest BCUT2D eigenvalue weighted by atomic mass is 32.2. The van der Waals surface area contributed by atoms with Crippen molar-refractivity contribution in [2.24, 2.45) is 0 Å². The molecule has 1 aromatic carbocycles. The van der Waals surface area contributed by atoms with E-state index in [2.05, 4.69) is 11.0 Å². The van der Waals surface area contributed by atoms with Crippen molar-refractivity contribution in [1.82, 2.24) is 13.5 Å². The molecule has 3 aliphatic rings. The lowest BCUT2D eigenvalue weighted by Gasteiger charge is -2.37. The van der Waals surface area contributed by atoms with Crippen LogP contribution in [0.4, 0.5) is 5.69 Å². The molecular formula is C19H28N4O3S. The molecule has 2 saturated heterocycles. The third kappa shape index (κ3) is 4.47. The summed E-state index contributed by atoms with van der Waals surface area (Å²) in [6.07, 6.45) is 1.49. The number of fused-ring (bicyclic) bond motifs is 1. The number of amides is 1. The van der Waals surface area contributed by atoms with Crippen molar-refractivity contribution in [3.05, 3.63) is 29.8 Å². The third-order valence-electron chi connectivity index (χ3n) is 5.57. The molecule has 0 aromatic heterocycles. The van der Waals surface area contributed by atoms with Crippen molar-refractivity contribution in [3.63, 3.8) is 0 Å². The van der Waals surface area contributed by atoms with Crippen molar-refractivity contribution >= 4 is 23.1 Å². The van der Waals surface area contributed by atoms with Crippen molar-refractivity contribution in [1.29, 1.82) is 0 Å². The summed E-state index contributed by atoms with van der Waals surface area (Å²) < 4.78 is 22.0. The average Bonchev–Trinajstić information content (AvgIpc) is 3.17. The number of ether oxygens (including phenoxy) is 1. The van der Waals surface area contributed by atoms with Crippen LogP contribution < -0.4 is 4.90 Å². The van der Waals surface area contributed by atoms with E-state index in [0.29, 0.717) is 19.6 Å². The quantitative estimate of drug-likeness (QED) is 0.680. The summed E-state index contributed by atoms with van der Waals surface area (Å²) in [6, 6.07) is 8.18. The molecule has 27 heavy (non-hydrogen) atoms. The predicted octanol–water partition coefficient (Wildman–Crippen LogP) is 0.494. The molecule has 1 aromatic rings.